The second-order valence-electron chi connectivity index (χ2n) is 12.3. The van der Waals surface area contributed by atoms with Gasteiger partial charge in [0.2, 0.25) is 0 Å². The normalized spacial score (nSPS) is 10.8. The topological polar surface area (TPSA) is 71.1 Å². The number of hydrogen-bond acceptors (Lipinski definition) is 6. The van der Waals surface area contributed by atoms with E-state index in [-0.39, 0.29) is 11.5 Å². The molecule has 50 heavy (non-hydrogen) atoms. The van der Waals surface area contributed by atoms with Crippen LogP contribution in [-0.4, -0.2) is 25.2 Å². The maximum Gasteiger partial charge on any atom is 0.343 e. The van der Waals surface area contributed by atoms with Crippen molar-refractivity contribution < 1.29 is 28.5 Å². The van der Waals surface area contributed by atoms with Crippen LogP contribution in [-0.2, 0) is 0 Å². The molecule has 0 N–H and O–H groups in total. The molecule has 5 rings (SSSR count). The number of hydrogen-bond donors (Lipinski definition) is 0. The van der Waals surface area contributed by atoms with Crippen LogP contribution >= 0.6 is 0 Å². The van der Waals surface area contributed by atoms with E-state index in [0.29, 0.717) is 11.1 Å². The minimum Gasteiger partial charge on any atom is -0.494 e. The standard InChI is InChI=1S/C44H46O6/c1-3-5-7-9-30-47-39-26-22-35(23-27-39)33-14-18-37(19-15-33)43(45)49-41-12-11-13-42(32-41)50-44(46)38-20-16-34(17-21-38)36-24-28-40(29-25-36)48-31-10-8-6-4-2/h11-29,32H,3-10,30-31H2,1-2H3. The van der Waals surface area contributed by atoms with Crippen LogP contribution in [0.2, 0.25) is 0 Å². The smallest absolute Gasteiger partial charge is 0.343 e. The van der Waals surface area contributed by atoms with Gasteiger partial charge in [-0.1, -0.05) is 107 Å². The lowest BCUT2D eigenvalue weighted by Crippen LogP contribution is -2.10. The van der Waals surface area contributed by atoms with E-state index in [1.165, 1.54) is 44.6 Å². The average molecular weight is 671 g/mol. The first kappa shape index (κ1) is 35.9. The van der Waals surface area contributed by atoms with Crippen LogP contribution in [0.1, 0.15) is 85.9 Å². The molecule has 6 heteroatoms. The van der Waals surface area contributed by atoms with Crippen LogP contribution in [0.15, 0.2) is 121 Å². The molecule has 0 bridgehead atoms. The summed E-state index contributed by atoms with van der Waals surface area (Å²) >= 11 is 0. The van der Waals surface area contributed by atoms with E-state index in [4.69, 9.17) is 18.9 Å². The third-order valence-corrected chi connectivity index (χ3v) is 8.38. The number of carbonyl (C=O) groups excluding carboxylic acids is 2. The number of rotatable bonds is 18. The Morgan fingerprint density at radius 1 is 0.420 bits per heavy atom. The minimum absolute atomic E-state index is 0.276. The van der Waals surface area contributed by atoms with Gasteiger partial charge in [0.25, 0.3) is 0 Å². The van der Waals surface area contributed by atoms with Crippen molar-refractivity contribution in [3.05, 3.63) is 132 Å². The Morgan fingerprint density at radius 2 is 0.780 bits per heavy atom. The molecule has 0 aliphatic carbocycles. The van der Waals surface area contributed by atoms with E-state index < -0.39 is 11.9 Å². The van der Waals surface area contributed by atoms with E-state index in [1.54, 1.807) is 42.5 Å². The van der Waals surface area contributed by atoms with Gasteiger partial charge in [0.05, 0.1) is 24.3 Å². The number of ether oxygens (including phenoxy) is 4. The van der Waals surface area contributed by atoms with Crippen molar-refractivity contribution in [1.29, 1.82) is 0 Å². The van der Waals surface area contributed by atoms with Gasteiger partial charge in [-0.3, -0.25) is 0 Å². The van der Waals surface area contributed by atoms with Crippen molar-refractivity contribution in [1.82, 2.24) is 0 Å². The zero-order chi connectivity index (χ0) is 35.0. The van der Waals surface area contributed by atoms with Gasteiger partial charge in [-0.05, 0) is 95.8 Å². The van der Waals surface area contributed by atoms with Gasteiger partial charge in [0.1, 0.15) is 23.0 Å². The van der Waals surface area contributed by atoms with Gasteiger partial charge in [-0.15, -0.1) is 0 Å². The van der Waals surface area contributed by atoms with E-state index in [1.807, 2.05) is 72.8 Å². The van der Waals surface area contributed by atoms with Gasteiger partial charge >= 0.3 is 11.9 Å². The van der Waals surface area contributed by atoms with Crippen LogP contribution < -0.4 is 18.9 Å². The van der Waals surface area contributed by atoms with Crippen molar-refractivity contribution in [2.75, 3.05) is 13.2 Å². The summed E-state index contributed by atoms with van der Waals surface area (Å²) in [7, 11) is 0. The molecule has 0 aromatic heterocycles. The van der Waals surface area contributed by atoms with Crippen molar-refractivity contribution in [3.63, 3.8) is 0 Å². The molecule has 0 aliphatic heterocycles. The highest BCUT2D eigenvalue weighted by Crippen LogP contribution is 2.26. The molecule has 6 nitrogen and oxygen atoms in total. The molecule has 5 aromatic carbocycles. The number of esters is 2. The Morgan fingerprint density at radius 3 is 1.14 bits per heavy atom. The molecular weight excluding hydrogens is 624 g/mol. The minimum atomic E-state index is -0.506. The predicted molar refractivity (Wildman–Crippen MR) is 199 cm³/mol. The summed E-state index contributed by atoms with van der Waals surface area (Å²) in [5, 5.41) is 0. The van der Waals surface area contributed by atoms with Gasteiger partial charge in [-0.2, -0.15) is 0 Å². The zero-order valence-electron chi connectivity index (χ0n) is 29.1. The summed E-state index contributed by atoms with van der Waals surface area (Å²) in [5.41, 5.74) is 4.84. The quantitative estimate of drug-likeness (QED) is 0.0525. The molecule has 0 spiro atoms. The average Bonchev–Trinajstić information content (AvgIpc) is 3.15. The Hall–Kier alpha value is -5.36. The summed E-state index contributed by atoms with van der Waals surface area (Å²) in [4.78, 5) is 25.8. The molecule has 0 heterocycles. The third kappa shape index (κ3) is 10.8. The fourth-order valence-corrected chi connectivity index (χ4v) is 5.46. The molecule has 0 unspecified atom stereocenters. The zero-order valence-corrected chi connectivity index (χ0v) is 29.1. The van der Waals surface area contributed by atoms with Crippen molar-refractivity contribution >= 4 is 11.9 Å². The lowest BCUT2D eigenvalue weighted by molar-refractivity contribution is 0.0733. The van der Waals surface area contributed by atoms with Crippen LogP contribution in [0.4, 0.5) is 0 Å². The molecule has 0 aliphatic rings. The fraction of sp³-hybridized carbons (Fsp3) is 0.273. The largest absolute Gasteiger partial charge is 0.494 e. The maximum absolute atomic E-state index is 12.9. The van der Waals surface area contributed by atoms with Crippen molar-refractivity contribution in [2.24, 2.45) is 0 Å². The van der Waals surface area contributed by atoms with E-state index >= 15 is 0 Å². The van der Waals surface area contributed by atoms with Crippen LogP contribution in [0.3, 0.4) is 0 Å². The first-order valence-electron chi connectivity index (χ1n) is 17.7. The molecular formula is C44H46O6. The molecule has 0 fully saturated rings. The second kappa shape index (κ2) is 19.0. The summed E-state index contributed by atoms with van der Waals surface area (Å²) in [6, 6.07) is 36.9. The number of unbranched alkanes of at least 4 members (excludes halogenated alkanes) is 6. The Balaban J connectivity index is 1.11. The molecule has 0 amide bonds. The summed E-state index contributed by atoms with van der Waals surface area (Å²) in [6.45, 7) is 5.84. The molecule has 0 saturated carbocycles. The SMILES string of the molecule is CCCCCCOc1ccc(-c2ccc(C(=O)Oc3cccc(OC(=O)c4ccc(-c5ccc(OCCCCCC)cc5)cc4)c3)cc2)cc1. The van der Waals surface area contributed by atoms with Crippen LogP contribution in [0.5, 0.6) is 23.0 Å². The highest BCUT2D eigenvalue weighted by molar-refractivity contribution is 5.93. The van der Waals surface area contributed by atoms with E-state index in [0.717, 1.165) is 59.8 Å². The molecule has 0 radical (unpaired) electrons. The van der Waals surface area contributed by atoms with Gasteiger partial charge in [0, 0.05) is 6.07 Å². The first-order chi connectivity index (χ1) is 24.5. The molecule has 5 aromatic rings. The Bertz CT molecular complexity index is 1650. The van der Waals surface area contributed by atoms with Gasteiger partial charge in [-0.25, -0.2) is 9.59 Å². The molecule has 0 saturated heterocycles. The summed E-state index contributed by atoms with van der Waals surface area (Å²) < 4.78 is 22.9. The van der Waals surface area contributed by atoms with Crippen molar-refractivity contribution in [2.45, 2.75) is 65.2 Å². The molecule has 258 valence electrons. The van der Waals surface area contributed by atoms with E-state index in [9.17, 15) is 9.59 Å². The first-order valence-corrected chi connectivity index (χ1v) is 17.7. The lowest BCUT2D eigenvalue weighted by atomic mass is 10.0. The predicted octanol–water partition coefficient (Wildman–Crippen LogP) is 11.4. The highest BCUT2D eigenvalue weighted by Gasteiger charge is 2.13. The fourth-order valence-electron chi connectivity index (χ4n) is 5.46. The molecule has 0 atom stereocenters. The summed E-state index contributed by atoms with van der Waals surface area (Å²) in [5.74, 6) is 1.25. The summed E-state index contributed by atoms with van der Waals surface area (Å²) in [6.07, 6.45) is 9.37. The Labute approximate surface area is 296 Å². The maximum atomic E-state index is 12.9. The second-order valence-corrected chi connectivity index (χ2v) is 12.3. The van der Waals surface area contributed by atoms with Gasteiger partial charge < -0.3 is 18.9 Å². The van der Waals surface area contributed by atoms with Crippen LogP contribution in [0.25, 0.3) is 22.3 Å². The number of benzene rings is 5. The number of carbonyl (C=O) groups is 2. The highest BCUT2D eigenvalue weighted by atomic mass is 16.5. The van der Waals surface area contributed by atoms with Gasteiger partial charge in [0.15, 0.2) is 0 Å². The monoisotopic (exact) mass is 670 g/mol. The Kier molecular flexibility index (Phi) is 13.6. The third-order valence-electron chi connectivity index (χ3n) is 8.38. The van der Waals surface area contributed by atoms with Crippen molar-refractivity contribution in [3.8, 4) is 45.3 Å². The van der Waals surface area contributed by atoms with E-state index in [2.05, 4.69) is 13.8 Å². The van der Waals surface area contributed by atoms with Crippen LogP contribution in [0, 0.1) is 0 Å². The lowest BCUT2D eigenvalue weighted by Gasteiger charge is -2.10.